The number of fused-ring (bicyclic) bond motifs is 1. The van der Waals surface area contributed by atoms with Gasteiger partial charge in [-0.25, -0.2) is 8.42 Å². The van der Waals surface area contributed by atoms with Crippen molar-refractivity contribution in [2.75, 3.05) is 31.5 Å². The molecule has 1 atom stereocenters. The van der Waals surface area contributed by atoms with Crippen LogP contribution >= 0.6 is 11.6 Å². The molecular weight excluding hydrogens is 442 g/mol. The number of sulfonamides is 1. The maximum Gasteiger partial charge on any atom is 0.265 e. The molecule has 164 valence electrons. The number of hydrogen-bond acceptors (Lipinski definition) is 5. The van der Waals surface area contributed by atoms with Crippen LogP contribution in [0.3, 0.4) is 0 Å². The number of ether oxygens (including phenoxy) is 1. The fraction of sp³-hybridized carbons (Fsp3) is 0.333. The van der Waals surface area contributed by atoms with Gasteiger partial charge in [-0.15, -0.1) is 0 Å². The monoisotopic (exact) mass is 463 g/mol. The van der Waals surface area contributed by atoms with Gasteiger partial charge in [0.15, 0.2) is 6.10 Å². The second-order valence-electron chi connectivity index (χ2n) is 7.57. The molecule has 2 heterocycles. The number of nitrogens with zero attached hydrogens (tertiary/aromatic N) is 2. The first kappa shape index (κ1) is 21.6. The van der Waals surface area contributed by atoms with Gasteiger partial charge in [0.2, 0.25) is 10.0 Å². The van der Waals surface area contributed by atoms with Crippen molar-refractivity contribution in [2.24, 2.45) is 0 Å². The summed E-state index contributed by atoms with van der Waals surface area (Å²) < 4.78 is 33.5. The third-order valence-corrected chi connectivity index (χ3v) is 7.74. The second kappa shape index (κ2) is 8.14. The SMILES string of the molecule is Cc1cc2c(cc1S(=O)(=O)N1CCN(C(=O)c3ccc(Cl)cc3)CC1)O[C@@H](C)C(=O)N2. The van der Waals surface area contributed by atoms with Gasteiger partial charge in [0.25, 0.3) is 11.8 Å². The van der Waals surface area contributed by atoms with Crippen LogP contribution in [0.25, 0.3) is 0 Å². The van der Waals surface area contributed by atoms with E-state index in [-0.39, 0.29) is 42.9 Å². The topological polar surface area (TPSA) is 96.0 Å². The molecular formula is C21H22ClN3O5S. The molecule has 2 aliphatic heterocycles. The zero-order chi connectivity index (χ0) is 22.3. The molecule has 4 rings (SSSR count). The lowest BCUT2D eigenvalue weighted by atomic mass is 10.1. The van der Waals surface area contributed by atoms with E-state index < -0.39 is 16.1 Å². The number of rotatable bonds is 3. The lowest BCUT2D eigenvalue weighted by Crippen LogP contribution is -2.50. The van der Waals surface area contributed by atoms with Gasteiger partial charge in [0.1, 0.15) is 5.75 Å². The second-order valence-corrected chi connectivity index (χ2v) is 9.91. The van der Waals surface area contributed by atoms with Gasteiger partial charge in [-0.05, 0) is 49.7 Å². The molecule has 0 radical (unpaired) electrons. The van der Waals surface area contributed by atoms with E-state index in [1.165, 1.54) is 10.4 Å². The Bertz CT molecular complexity index is 1140. The van der Waals surface area contributed by atoms with Crippen LogP contribution in [0.5, 0.6) is 5.75 Å². The molecule has 0 spiro atoms. The minimum Gasteiger partial charge on any atom is -0.479 e. The van der Waals surface area contributed by atoms with Crippen molar-refractivity contribution in [2.45, 2.75) is 24.8 Å². The number of carbonyl (C=O) groups is 2. The smallest absolute Gasteiger partial charge is 0.265 e. The highest BCUT2D eigenvalue weighted by atomic mass is 35.5. The molecule has 1 saturated heterocycles. The first-order chi connectivity index (χ1) is 14.7. The molecule has 8 nitrogen and oxygen atoms in total. The van der Waals surface area contributed by atoms with Gasteiger partial charge < -0.3 is 15.0 Å². The molecule has 31 heavy (non-hydrogen) atoms. The van der Waals surface area contributed by atoms with Gasteiger partial charge in [0, 0.05) is 42.8 Å². The standard InChI is InChI=1S/C21H22ClN3O5S/c1-13-11-17-18(30-14(2)20(26)23-17)12-19(13)31(28,29)25-9-7-24(8-10-25)21(27)15-3-5-16(22)6-4-15/h3-6,11-12,14H,7-10H2,1-2H3,(H,23,26)/t14-/m0/s1. The lowest BCUT2D eigenvalue weighted by molar-refractivity contribution is -0.122. The fourth-order valence-corrected chi connectivity index (χ4v) is 5.44. The van der Waals surface area contributed by atoms with Crippen LogP contribution < -0.4 is 10.1 Å². The van der Waals surface area contributed by atoms with E-state index >= 15 is 0 Å². The Hall–Kier alpha value is -2.62. The number of benzene rings is 2. The van der Waals surface area contributed by atoms with Crippen molar-refractivity contribution in [3.8, 4) is 5.75 Å². The summed E-state index contributed by atoms with van der Waals surface area (Å²) in [6.07, 6.45) is -0.701. The predicted molar refractivity (Wildman–Crippen MR) is 116 cm³/mol. The Balaban J connectivity index is 1.51. The van der Waals surface area contributed by atoms with Crippen LogP contribution in [0.15, 0.2) is 41.3 Å². The molecule has 0 aromatic heterocycles. The van der Waals surface area contributed by atoms with E-state index in [2.05, 4.69) is 5.32 Å². The quantitative estimate of drug-likeness (QED) is 0.754. The van der Waals surface area contributed by atoms with Crippen molar-refractivity contribution in [3.63, 3.8) is 0 Å². The number of carbonyl (C=O) groups excluding carboxylic acids is 2. The van der Waals surface area contributed by atoms with Crippen LogP contribution in [0, 0.1) is 6.92 Å². The largest absolute Gasteiger partial charge is 0.479 e. The Morgan fingerprint density at radius 2 is 1.77 bits per heavy atom. The average molecular weight is 464 g/mol. The first-order valence-electron chi connectivity index (χ1n) is 9.84. The molecule has 1 N–H and O–H groups in total. The average Bonchev–Trinajstić information content (AvgIpc) is 2.74. The van der Waals surface area contributed by atoms with Crippen molar-refractivity contribution < 1.29 is 22.7 Å². The fourth-order valence-electron chi connectivity index (χ4n) is 3.67. The number of hydrogen-bond donors (Lipinski definition) is 1. The highest BCUT2D eigenvalue weighted by molar-refractivity contribution is 7.89. The van der Waals surface area contributed by atoms with Crippen LogP contribution in [0.1, 0.15) is 22.8 Å². The Kier molecular flexibility index (Phi) is 5.67. The highest BCUT2D eigenvalue weighted by Gasteiger charge is 2.33. The Morgan fingerprint density at radius 3 is 2.42 bits per heavy atom. The van der Waals surface area contributed by atoms with E-state index in [1.54, 1.807) is 49.1 Å². The lowest BCUT2D eigenvalue weighted by Gasteiger charge is -2.34. The number of amides is 2. The maximum atomic E-state index is 13.3. The molecule has 0 aliphatic carbocycles. The highest BCUT2D eigenvalue weighted by Crippen LogP contribution is 2.35. The zero-order valence-corrected chi connectivity index (χ0v) is 18.7. The number of aryl methyl sites for hydroxylation is 1. The number of anilines is 1. The van der Waals surface area contributed by atoms with Gasteiger partial charge in [-0.1, -0.05) is 11.6 Å². The van der Waals surface area contributed by atoms with Crippen LogP contribution in [0.4, 0.5) is 5.69 Å². The van der Waals surface area contributed by atoms with Crippen LogP contribution in [-0.4, -0.2) is 61.7 Å². The van der Waals surface area contributed by atoms with E-state index in [9.17, 15) is 18.0 Å². The maximum absolute atomic E-state index is 13.3. The molecule has 1 fully saturated rings. The zero-order valence-electron chi connectivity index (χ0n) is 17.1. The minimum absolute atomic E-state index is 0.132. The van der Waals surface area contributed by atoms with E-state index in [1.807, 2.05) is 0 Å². The number of halogens is 1. The normalized spacial score (nSPS) is 19.4. The van der Waals surface area contributed by atoms with Crippen molar-refractivity contribution >= 4 is 39.1 Å². The van der Waals surface area contributed by atoms with Crippen LogP contribution in [-0.2, 0) is 14.8 Å². The summed E-state index contributed by atoms with van der Waals surface area (Å²) >= 11 is 5.87. The molecule has 0 bridgehead atoms. The molecule has 2 amide bonds. The summed E-state index contributed by atoms with van der Waals surface area (Å²) in [5.74, 6) is -0.103. The Morgan fingerprint density at radius 1 is 1.13 bits per heavy atom. The summed E-state index contributed by atoms with van der Waals surface area (Å²) in [6.45, 7) is 4.22. The summed E-state index contributed by atoms with van der Waals surface area (Å²) in [6, 6.07) is 9.68. The molecule has 0 unspecified atom stereocenters. The number of nitrogens with one attached hydrogen (secondary N) is 1. The van der Waals surface area contributed by atoms with E-state index in [0.717, 1.165) is 0 Å². The summed E-state index contributed by atoms with van der Waals surface area (Å²) in [7, 11) is -3.79. The van der Waals surface area contributed by atoms with E-state index in [4.69, 9.17) is 16.3 Å². The van der Waals surface area contributed by atoms with Gasteiger partial charge in [-0.2, -0.15) is 4.31 Å². The molecule has 10 heteroatoms. The third-order valence-electron chi connectivity index (χ3n) is 5.44. The molecule has 2 aromatic carbocycles. The number of piperazine rings is 1. The predicted octanol–water partition coefficient (Wildman–Crippen LogP) is 2.51. The Labute approximate surface area is 185 Å². The summed E-state index contributed by atoms with van der Waals surface area (Å²) in [4.78, 5) is 26.2. The van der Waals surface area contributed by atoms with Gasteiger partial charge >= 0.3 is 0 Å². The van der Waals surface area contributed by atoms with Crippen molar-refractivity contribution in [3.05, 3.63) is 52.5 Å². The minimum atomic E-state index is -3.79. The molecule has 0 saturated carbocycles. The van der Waals surface area contributed by atoms with Crippen LogP contribution in [0.2, 0.25) is 5.02 Å². The summed E-state index contributed by atoms with van der Waals surface area (Å²) in [5, 5.41) is 3.27. The van der Waals surface area contributed by atoms with Crippen molar-refractivity contribution in [1.29, 1.82) is 0 Å². The van der Waals surface area contributed by atoms with Crippen molar-refractivity contribution in [1.82, 2.24) is 9.21 Å². The van der Waals surface area contributed by atoms with E-state index in [0.29, 0.717) is 27.6 Å². The summed E-state index contributed by atoms with van der Waals surface area (Å²) in [5.41, 5.74) is 1.48. The third kappa shape index (κ3) is 4.13. The van der Waals surface area contributed by atoms with Gasteiger partial charge in [0.05, 0.1) is 10.6 Å². The molecule has 2 aromatic rings. The first-order valence-corrected chi connectivity index (χ1v) is 11.7. The molecule has 2 aliphatic rings. The van der Waals surface area contributed by atoms with Gasteiger partial charge in [-0.3, -0.25) is 9.59 Å².